The van der Waals surface area contributed by atoms with E-state index in [2.05, 4.69) is 72.8 Å². The van der Waals surface area contributed by atoms with Gasteiger partial charge in [-0.05, 0) is 69.1 Å². The van der Waals surface area contributed by atoms with Crippen molar-refractivity contribution in [2.75, 3.05) is 39.6 Å². The average Bonchev–Trinajstić information content (AvgIpc) is 2.80. The molecule has 17 nitrogen and oxygen atoms in total. The second-order valence-corrected chi connectivity index (χ2v) is 30.1. The molecule has 93 heavy (non-hydrogen) atoms. The highest BCUT2D eigenvalue weighted by atomic mass is 31.2. The molecule has 0 fully saturated rings. The molecule has 0 amide bonds. The fourth-order valence-corrected chi connectivity index (χ4v) is 12.3. The van der Waals surface area contributed by atoms with Crippen LogP contribution in [0.5, 0.6) is 0 Å². The predicted molar refractivity (Wildman–Crippen MR) is 377 cm³/mol. The van der Waals surface area contributed by atoms with Gasteiger partial charge < -0.3 is 33.8 Å². The number of carbonyl (C=O) groups excluding carboxylic acids is 4. The molecule has 0 rings (SSSR count). The van der Waals surface area contributed by atoms with Crippen LogP contribution in [-0.4, -0.2) is 96.7 Å². The topological polar surface area (TPSA) is 237 Å². The number of aliphatic hydroxyl groups is 1. The molecule has 0 saturated heterocycles. The first-order chi connectivity index (χ1) is 44.8. The lowest BCUT2D eigenvalue weighted by molar-refractivity contribution is -0.161. The van der Waals surface area contributed by atoms with Crippen molar-refractivity contribution in [3.05, 3.63) is 24.3 Å². The van der Waals surface area contributed by atoms with Gasteiger partial charge in [0, 0.05) is 25.7 Å². The molecule has 0 heterocycles. The first kappa shape index (κ1) is 90.5. The summed E-state index contributed by atoms with van der Waals surface area (Å²) in [6.07, 6.45) is 52.3. The van der Waals surface area contributed by atoms with Gasteiger partial charge in [-0.15, -0.1) is 0 Å². The van der Waals surface area contributed by atoms with Crippen LogP contribution >= 0.6 is 15.6 Å². The Labute approximate surface area is 567 Å². The number of ether oxygens (including phenoxy) is 4. The van der Waals surface area contributed by atoms with E-state index in [4.69, 9.17) is 37.0 Å². The summed E-state index contributed by atoms with van der Waals surface area (Å²) in [6.45, 7) is 11.7. The summed E-state index contributed by atoms with van der Waals surface area (Å²) in [5.41, 5.74) is 0. The van der Waals surface area contributed by atoms with E-state index in [1.807, 2.05) is 0 Å². The molecule has 3 unspecified atom stereocenters. The predicted octanol–water partition coefficient (Wildman–Crippen LogP) is 21.0. The average molecular weight is 1360 g/mol. The normalized spacial score (nSPS) is 14.6. The number of allylic oxidation sites excluding steroid dienone is 4. The smallest absolute Gasteiger partial charge is 0.462 e. The Kier molecular flexibility index (Phi) is 62.5. The van der Waals surface area contributed by atoms with Crippen LogP contribution in [0.3, 0.4) is 0 Å². The van der Waals surface area contributed by atoms with Gasteiger partial charge >= 0.3 is 39.5 Å². The number of rotatable bonds is 70. The van der Waals surface area contributed by atoms with Crippen molar-refractivity contribution in [2.24, 2.45) is 17.8 Å². The number of carbonyl (C=O) groups is 4. The molecule has 0 radical (unpaired) electrons. The minimum Gasteiger partial charge on any atom is -0.462 e. The van der Waals surface area contributed by atoms with Crippen LogP contribution in [0.25, 0.3) is 0 Å². The molecular formula is C74H140O17P2. The van der Waals surface area contributed by atoms with Crippen LogP contribution in [0.2, 0.25) is 0 Å². The van der Waals surface area contributed by atoms with Crippen LogP contribution in [-0.2, 0) is 65.4 Å². The van der Waals surface area contributed by atoms with E-state index in [0.717, 1.165) is 127 Å². The number of hydrogen-bond donors (Lipinski definition) is 3. The molecular weight excluding hydrogens is 1220 g/mol. The largest absolute Gasteiger partial charge is 0.472 e. The van der Waals surface area contributed by atoms with Crippen LogP contribution in [0.4, 0.5) is 0 Å². The molecule has 0 aliphatic carbocycles. The van der Waals surface area contributed by atoms with Crippen molar-refractivity contribution in [3.63, 3.8) is 0 Å². The first-order valence-corrected chi connectivity index (χ1v) is 40.7. The maximum absolute atomic E-state index is 13.0. The number of aliphatic hydroxyl groups excluding tert-OH is 1. The zero-order chi connectivity index (χ0) is 68.7. The Morgan fingerprint density at radius 3 is 0.957 bits per heavy atom. The summed E-state index contributed by atoms with van der Waals surface area (Å²) < 4.78 is 68.4. The summed E-state index contributed by atoms with van der Waals surface area (Å²) >= 11 is 0. The number of phosphoric acid groups is 2. The minimum atomic E-state index is -4.96. The molecule has 3 N–H and O–H groups in total. The molecule has 0 bridgehead atoms. The number of unbranched alkanes of at least 4 members (excludes halogenated alkanes) is 34. The van der Waals surface area contributed by atoms with Gasteiger partial charge in [-0.2, -0.15) is 0 Å². The van der Waals surface area contributed by atoms with Crippen LogP contribution in [0.15, 0.2) is 24.3 Å². The first-order valence-electron chi connectivity index (χ1n) is 37.7. The zero-order valence-corrected chi connectivity index (χ0v) is 62.0. The third-order valence-electron chi connectivity index (χ3n) is 16.9. The van der Waals surface area contributed by atoms with Crippen molar-refractivity contribution in [2.45, 2.75) is 369 Å². The van der Waals surface area contributed by atoms with Gasteiger partial charge in [0.1, 0.15) is 19.3 Å². The SMILES string of the molecule is CCCCCC/C=C\C=C/CCCCCCCC(=O)O[C@H](COC(=O)CCCCCCCCCC(C)C)COP(=O)(O)OC[C@@H](O)COP(=O)(O)OC[C@@H](COC(=O)CCCCCCCCC(C)CC)OC(=O)CCCCCCCCCCCCCCCCCC(C)C. The van der Waals surface area contributed by atoms with Crippen molar-refractivity contribution < 1.29 is 80.2 Å². The Balaban J connectivity index is 5.26. The van der Waals surface area contributed by atoms with Gasteiger partial charge in [0.2, 0.25) is 0 Å². The summed E-state index contributed by atoms with van der Waals surface area (Å²) in [5.74, 6) is 0.0781. The van der Waals surface area contributed by atoms with E-state index in [-0.39, 0.29) is 25.7 Å². The molecule has 0 aromatic rings. The molecule has 548 valence electrons. The highest BCUT2D eigenvalue weighted by Gasteiger charge is 2.30. The van der Waals surface area contributed by atoms with E-state index in [1.54, 1.807) is 0 Å². The fraction of sp³-hybridized carbons (Fsp3) is 0.892. The monoisotopic (exact) mass is 1360 g/mol. The maximum Gasteiger partial charge on any atom is 0.472 e. The van der Waals surface area contributed by atoms with Crippen LogP contribution in [0, 0.1) is 17.8 Å². The fourth-order valence-electron chi connectivity index (χ4n) is 10.7. The Morgan fingerprint density at radius 1 is 0.355 bits per heavy atom. The summed E-state index contributed by atoms with van der Waals surface area (Å²) in [5, 5.41) is 10.6. The molecule has 0 aliphatic heterocycles. The third-order valence-corrected chi connectivity index (χ3v) is 18.8. The number of esters is 4. The van der Waals surface area contributed by atoms with Gasteiger partial charge in [-0.3, -0.25) is 37.3 Å². The van der Waals surface area contributed by atoms with Crippen molar-refractivity contribution in [3.8, 4) is 0 Å². The van der Waals surface area contributed by atoms with Gasteiger partial charge in [0.25, 0.3) is 0 Å². The Morgan fingerprint density at radius 2 is 0.634 bits per heavy atom. The van der Waals surface area contributed by atoms with Crippen molar-refractivity contribution in [1.29, 1.82) is 0 Å². The highest BCUT2D eigenvalue weighted by Crippen LogP contribution is 2.45. The van der Waals surface area contributed by atoms with E-state index in [0.29, 0.717) is 31.6 Å². The van der Waals surface area contributed by atoms with Gasteiger partial charge in [0.15, 0.2) is 12.2 Å². The Hall–Kier alpha value is -2.46. The van der Waals surface area contributed by atoms with E-state index >= 15 is 0 Å². The summed E-state index contributed by atoms with van der Waals surface area (Å²) in [4.78, 5) is 72.6. The lowest BCUT2D eigenvalue weighted by atomic mass is 10.00. The zero-order valence-electron chi connectivity index (χ0n) is 60.2. The van der Waals surface area contributed by atoms with E-state index < -0.39 is 97.5 Å². The van der Waals surface area contributed by atoms with Crippen molar-refractivity contribution >= 4 is 39.5 Å². The molecule has 0 spiro atoms. The quantitative estimate of drug-likeness (QED) is 0.0169. The Bertz CT molecular complexity index is 1910. The summed E-state index contributed by atoms with van der Waals surface area (Å²) in [7, 11) is -9.92. The molecule has 6 atom stereocenters. The van der Waals surface area contributed by atoms with Crippen LogP contribution in [0.1, 0.15) is 350 Å². The molecule has 0 aliphatic rings. The van der Waals surface area contributed by atoms with Gasteiger partial charge in [-0.1, -0.05) is 297 Å². The maximum atomic E-state index is 13.0. The molecule has 0 aromatic heterocycles. The van der Waals surface area contributed by atoms with Crippen LogP contribution < -0.4 is 0 Å². The standard InChI is InChI=1S/C74H140O17P2/c1-8-10-11-12-13-14-15-16-18-22-25-28-33-43-50-57-73(78)90-69(61-84-71(76)55-48-41-35-30-32-39-46-53-66(5)6)63-88-92(80,81)86-59-68(75)60-87-93(82,83)89-64-70(62-85-72(77)56-49-42-37-36-40-47-54-67(7)9-2)91-74(79)58-51-44-34-29-26-23-20-17-19-21-24-27-31-38-45-52-65(3)4/h14-16,18,65-70,75H,8-13,17,19-64H2,1-7H3,(H,80,81)(H,82,83)/b15-14-,18-16-/t67?,68-,69-,70-/m1/s1. The molecule has 0 saturated carbocycles. The third kappa shape index (κ3) is 66.6. The second kappa shape index (κ2) is 64.2. The van der Waals surface area contributed by atoms with E-state index in [1.165, 1.54) is 135 Å². The minimum absolute atomic E-state index is 0.0838. The van der Waals surface area contributed by atoms with Gasteiger partial charge in [-0.25, -0.2) is 9.13 Å². The highest BCUT2D eigenvalue weighted by molar-refractivity contribution is 7.47. The molecule has 0 aromatic carbocycles. The lowest BCUT2D eigenvalue weighted by Gasteiger charge is -2.21. The summed E-state index contributed by atoms with van der Waals surface area (Å²) in [6, 6.07) is 0. The number of phosphoric ester groups is 2. The van der Waals surface area contributed by atoms with Gasteiger partial charge in [0.05, 0.1) is 26.4 Å². The lowest BCUT2D eigenvalue weighted by Crippen LogP contribution is -2.30. The number of hydrogen-bond acceptors (Lipinski definition) is 15. The molecule has 19 heteroatoms. The van der Waals surface area contributed by atoms with E-state index in [9.17, 15) is 43.2 Å². The van der Waals surface area contributed by atoms with Crippen molar-refractivity contribution in [1.82, 2.24) is 0 Å². The second-order valence-electron chi connectivity index (χ2n) is 27.2.